The summed E-state index contributed by atoms with van der Waals surface area (Å²) in [5.41, 5.74) is 5.12. The quantitative estimate of drug-likeness (QED) is 0.327. The Morgan fingerprint density at radius 3 is 2.47 bits per heavy atom. The number of allylic oxidation sites excluding steroid dienone is 1. The van der Waals surface area contributed by atoms with E-state index in [2.05, 4.69) is 30.0 Å². The summed E-state index contributed by atoms with van der Waals surface area (Å²) in [6.45, 7) is 9.78. The second kappa shape index (κ2) is 10.9. The minimum Gasteiger partial charge on any atom is -0.459 e. The van der Waals surface area contributed by atoms with Gasteiger partial charge in [0.1, 0.15) is 0 Å². The van der Waals surface area contributed by atoms with Gasteiger partial charge in [0.2, 0.25) is 0 Å². The van der Waals surface area contributed by atoms with Crippen molar-refractivity contribution >= 4 is 40.8 Å². The lowest BCUT2D eigenvalue weighted by molar-refractivity contribution is -0.143. The van der Waals surface area contributed by atoms with E-state index in [-0.39, 0.29) is 11.7 Å². The van der Waals surface area contributed by atoms with Gasteiger partial charge in [-0.3, -0.25) is 9.36 Å². The third kappa shape index (κ3) is 5.12. The van der Waals surface area contributed by atoms with Crippen LogP contribution in [0.25, 0.3) is 6.08 Å². The number of benzene rings is 2. The summed E-state index contributed by atoms with van der Waals surface area (Å²) >= 11 is 3.00. The van der Waals surface area contributed by atoms with E-state index in [9.17, 15) is 9.59 Å². The molecule has 0 spiro atoms. The second-order valence-electron chi connectivity index (χ2n) is 10.0. The van der Waals surface area contributed by atoms with Gasteiger partial charge in [-0.25, -0.2) is 9.79 Å². The number of ether oxygens (including phenoxy) is 1. The summed E-state index contributed by atoms with van der Waals surface area (Å²) in [6.07, 6.45) is 6.14. The lowest BCUT2D eigenvalue weighted by Crippen LogP contribution is -2.40. The molecule has 5 rings (SSSR count). The predicted octanol–water partition coefficient (Wildman–Crippen LogP) is 4.82. The molecule has 0 bridgehead atoms. The van der Waals surface area contributed by atoms with Crippen LogP contribution in [0, 0.1) is 6.92 Å². The van der Waals surface area contributed by atoms with E-state index >= 15 is 0 Å². The molecule has 0 radical (unpaired) electrons. The molecule has 0 aliphatic carbocycles. The Balaban J connectivity index is 1.62. The summed E-state index contributed by atoms with van der Waals surface area (Å²) in [5, 5.41) is 0. The Morgan fingerprint density at radius 1 is 1.13 bits per heavy atom. The van der Waals surface area contributed by atoms with E-state index in [4.69, 9.17) is 9.73 Å². The van der Waals surface area contributed by atoms with Crippen LogP contribution in [0.2, 0.25) is 0 Å². The van der Waals surface area contributed by atoms with Crippen LogP contribution in [0.4, 0.5) is 5.69 Å². The molecule has 1 aromatic heterocycles. The molecule has 0 N–H and O–H groups in total. The number of aromatic nitrogens is 1. The number of carbonyl (C=O) groups excluding carboxylic acids is 1. The molecular formula is C30H33N3O3S2. The van der Waals surface area contributed by atoms with Gasteiger partial charge in [0, 0.05) is 23.7 Å². The Labute approximate surface area is 231 Å². The third-order valence-corrected chi connectivity index (χ3v) is 8.71. The Bertz CT molecular complexity index is 1580. The summed E-state index contributed by atoms with van der Waals surface area (Å²) in [5.74, 6) is -0.442. The fourth-order valence-electron chi connectivity index (χ4n) is 5.19. The first-order chi connectivity index (χ1) is 18.3. The van der Waals surface area contributed by atoms with Gasteiger partial charge >= 0.3 is 5.97 Å². The number of nitrogens with zero attached hydrogens (tertiary/aromatic N) is 3. The molecule has 0 saturated carbocycles. The second-order valence-corrected chi connectivity index (χ2v) is 11.9. The van der Waals surface area contributed by atoms with Crippen LogP contribution >= 0.6 is 23.1 Å². The molecule has 198 valence electrons. The number of aryl methyl sites for hydroxylation is 1. The van der Waals surface area contributed by atoms with Crippen LogP contribution in [0.1, 0.15) is 56.3 Å². The van der Waals surface area contributed by atoms with Crippen molar-refractivity contribution in [3.8, 4) is 0 Å². The monoisotopic (exact) mass is 547 g/mol. The molecule has 2 aliphatic heterocycles. The standard InChI is InChI=1S/C30H33N3O3S2/c1-18(2)36-29(35)26-20(4)31-30-33(27(26)22-9-11-23(37-5)12-10-22)28(34)25(38-30)17-21-8-13-24(19(3)16-21)32-14-6-7-15-32/h8-13,16-18,27H,6-7,14-15H2,1-5H3/b25-17-/t27-/m0/s1. The SMILES string of the molecule is CSc1ccc([C@H]2C(C(=O)OC(C)C)=C(C)N=c3s/c(=C\c4ccc(N5CCCC5)c(C)c4)c(=O)n32)cc1. The largest absolute Gasteiger partial charge is 0.459 e. The lowest BCUT2D eigenvalue weighted by atomic mass is 9.96. The molecule has 0 amide bonds. The molecule has 1 saturated heterocycles. The first-order valence-electron chi connectivity index (χ1n) is 13.0. The number of thioether (sulfide) groups is 1. The van der Waals surface area contributed by atoms with Crippen molar-refractivity contribution in [2.75, 3.05) is 24.2 Å². The number of hydrogen-bond acceptors (Lipinski definition) is 7. The van der Waals surface area contributed by atoms with Gasteiger partial charge in [-0.1, -0.05) is 29.5 Å². The summed E-state index contributed by atoms with van der Waals surface area (Å²) in [7, 11) is 0. The van der Waals surface area contributed by atoms with Crippen molar-refractivity contribution in [2.45, 2.75) is 57.6 Å². The van der Waals surface area contributed by atoms with Crippen molar-refractivity contribution < 1.29 is 9.53 Å². The molecule has 1 atom stereocenters. The Hall–Kier alpha value is -3.10. The van der Waals surface area contributed by atoms with Crippen LogP contribution in [0.15, 0.2) is 68.4 Å². The lowest BCUT2D eigenvalue weighted by Gasteiger charge is -2.25. The number of carbonyl (C=O) groups is 1. The molecule has 2 aliphatic rings. The number of hydrogen-bond donors (Lipinski definition) is 0. The zero-order valence-corrected chi connectivity index (χ0v) is 24.1. The first-order valence-corrected chi connectivity index (χ1v) is 15.0. The van der Waals surface area contributed by atoms with Gasteiger partial charge < -0.3 is 9.64 Å². The van der Waals surface area contributed by atoms with Crippen molar-refractivity contribution in [1.29, 1.82) is 0 Å². The van der Waals surface area contributed by atoms with Gasteiger partial charge in [-0.2, -0.15) is 0 Å². The number of rotatable bonds is 6. The minimum absolute atomic E-state index is 0.156. The van der Waals surface area contributed by atoms with Gasteiger partial charge in [0.05, 0.1) is 27.9 Å². The fourth-order valence-corrected chi connectivity index (χ4v) is 6.65. The average molecular weight is 548 g/mol. The number of thiazole rings is 1. The fraction of sp³-hybridized carbons (Fsp3) is 0.367. The van der Waals surface area contributed by atoms with Crippen LogP contribution in [-0.2, 0) is 9.53 Å². The van der Waals surface area contributed by atoms with Crippen LogP contribution in [0.5, 0.6) is 0 Å². The van der Waals surface area contributed by atoms with Gasteiger partial charge in [0.25, 0.3) is 5.56 Å². The number of fused-ring (bicyclic) bond motifs is 1. The molecule has 38 heavy (non-hydrogen) atoms. The molecule has 2 aromatic carbocycles. The molecule has 0 unspecified atom stereocenters. The maximum absolute atomic E-state index is 13.9. The zero-order chi connectivity index (χ0) is 27.0. The van der Waals surface area contributed by atoms with E-state index < -0.39 is 12.0 Å². The topological polar surface area (TPSA) is 63.9 Å². The normalized spacial score (nSPS) is 17.7. The maximum Gasteiger partial charge on any atom is 0.338 e. The van der Waals surface area contributed by atoms with Crippen LogP contribution < -0.4 is 19.8 Å². The summed E-state index contributed by atoms with van der Waals surface area (Å²) in [4.78, 5) is 36.0. The van der Waals surface area contributed by atoms with E-state index in [1.807, 2.05) is 57.4 Å². The molecule has 3 aromatic rings. The van der Waals surface area contributed by atoms with Gasteiger partial charge in [0.15, 0.2) is 4.80 Å². The summed E-state index contributed by atoms with van der Waals surface area (Å²) < 4.78 is 7.84. The maximum atomic E-state index is 13.9. The highest BCUT2D eigenvalue weighted by Gasteiger charge is 2.33. The smallest absolute Gasteiger partial charge is 0.338 e. The van der Waals surface area contributed by atoms with E-state index in [1.54, 1.807) is 16.3 Å². The van der Waals surface area contributed by atoms with Crippen LogP contribution in [-0.4, -0.2) is 36.0 Å². The van der Waals surface area contributed by atoms with Crippen molar-refractivity contribution in [2.24, 2.45) is 4.99 Å². The zero-order valence-electron chi connectivity index (χ0n) is 22.5. The molecule has 3 heterocycles. The third-order valence-electron chi connectivity index (χ3n) is 6.98. The molecule has 1 fully saturated rings. The molecular weight excluding hydrogens is 514 g/mol. The average Bonchev–Trinajstić information content (AvgIpc) is 3.51. The highest BCUT2D eigenvalue weighted by Crippen LogP contribution is 2.32. The van der Waals surface area contributed by atoms with Crippen molar-refractivity contribution in [3.63, 3.8) is 0 Å². The van der Waals surface area contributed by atoms with Crippen LogP contribution in [0.3, 0.4) is 0 Å². The van der Waals surface area contributed by atoms with Crippen molar-refractivity contribution in [3.05, 3.63) is 90.1 Å². The number of anilines is 1. The Morgan fingerprint density at radius 2 is 1.84 bits per heavy atom. The van der Waals surface area contributed by atoms with Crippen molar-refractivity contribution in [1.82, 2.24) is 4.57 Å². The summed E-state index contributed by atoms with van der Waals surface area (Å²) in [6, 6.07) is 13.8. The molecule has 6 nitrogen and oxygen atoms in total. The van der Waals surface area contributed by atoms with Gasteiger partial charge in [-0.15, -0.1) is 11.8 Å². The number of esters is 1. The van der Waals surface area contributed by atoms with Gasteiger partial charge in [-0.05, 0) is 93.8 Å². The first kappa shape index (κ1) is 26.5. The predicted molar refractivity (Wildman–Crippen MR) is 156 cm³/mol. The highest BCUT2D eigenvalue weighted by molar-refractivity contribution is 7.98. The van der Waals surface area contributed by atoms with E-state index in [0.29, 0.717) is 20.6 Å². The molecule has 8 heteroatoms. The highest BCUT2D eigenvalue weighted by atomic mass is 32.2. The Kier molecular flexibility index (Phi) is 7.63. The minimum atomic E-state index is -0.602. The van der Waals surface area contributed by atoms with E-state index in [1.165, 1.54) is 35.4 Å². The van der Waals surface area contributed by atoms with E-state index in [0.717, 1.165) is 29.1 Å².